The van der Waals surface area contributed by atoms with Gasteiger partial charge in [0.2, 0.25) is 0 Å². The molecule has 5 aliphatic carbocycles. The number of carboxylic acid groups (broad SMARTS) is 1. The van der Waals surface area contributed by atoms with Crippen molar-refractivity contribution in [1.29, 1.82) is 0 Å². The third-order valence-corrected chi connectivity index (χ3v) is 13.5. The van der Waals surface area contributed by atoms with E-state index in [2.05, 4.69) is 48.1 Å². The van der Waals surface area contributed by atoms with E-state index in [9.17, 15) is 14.7 Å². The van der Waals surface area contributed by atoms with Gasteiger partial charge in [0, 0.05) is 12.8 Å². The molecule has 1 N–H and O–H groups in total. The number of carboxylic acids is 1. The van der Waals surface area contributed by atoms with E-state index in [4.69, 9.17) is 0 Å². The number of fused-ring (bicyclic) bond motifs is 7. The summed E-state index contributed by atoms with van der Waals surface area (Å²) in [5, 5.41) is 10.9. The highest BCUT2D eigenvalue weighted by atomic mass is 16.4. The maximum absolute atomic E-state index is 13.3. The fraction of sp³-hybridized carbons (Fsp3) is 0.867. The molecule has 0 bridgehead atoms. The quantitative estimate of drug-likeness (QED) is 0.451. The first-order chi connectivity index (χ1) is 15.3. The molecular weight excluding hydrogens is 408 g/mol. The summed E-state index contributed by atoms with van der Waals surface area (Å²) < 4.78 is 0. The van der Waals surface area contributed by atoms with Crippen molar-refractivity contribution in [2.24, 2.45) is 63.1 Å². The molecule has 0 radical (unpaired) electrons. The summed E-state index contributed by atoms with van der Waals surface area (Å²) in [6.45, 7) is 18.2. The third kappa shape index (κ3) is 2.63. The smallest absolute Gasteiger partial charge is 0.310 e. The van der Waals surface area contributed by atoms with Crippen molar-refractivity contribution in [2.45, 2.75) is 99.3 Å². The second-order valence-corrected chi connectivity index (χ2v) is 14.0. The van der Waals surface area contributed by atoms with Gasteiger partial charge in [-0.05, 0) is 110 Å². The van der Waals surface area contributed by atoms with E-state index in [1.54, 1.807) is 0 Å². The van der Waals surface area contributed by atoms with Gasteiger partial charge in [0.15, 0.2) is 0 Å². The second kappa shape index (κ2) is 7.20. The predicted octanol–water partition coefficient (Wildman–Crippen LogP) is 7.15. The molecular formula is C30H46O3. The molecule has 0 heterocycles. The number of rotatable bonds is 2. The van der Waals surface area contributed by atoms with Crippen LogP contribution >= 0.6 is 0 Å². The van der Waals surface area contributed by atoms with E-state index in [0.717, 1.165) is 56.3 Å². The standard InChI is InChI=1S/C30H46O3/c1-17(2)29(7)25-24-13-12-21-20-11-9-19(31)16-18(20)8-10-22(21)23(24)14-15-30(25,26(32)33)28(5,6)27(29,3)4/h18,20-25H,1,8-16H2,2-7H3,(H,32,33). The van der Waals surface area contributed by atoms with Gasteiger partial charge in [-0.25, -0.2) is 0 Å². The highest BCUT2D eigenvalue weighted by Gasteiger charge is 2.79. The van der Waals surface area contributed by atoms with Crippen molar-refractivity contribution in [3.05, 3.63) is 12.2 Å². The number of hydrogen-bond donors (Lipinski definition) is 1. The van der Waals surface area contributed by atoms with Crippen LogP contribution in [0.1, 0.15) is 99.3 Å². The minimum atomic E-state index is -0.688. The zero-order valence-corrected chi connectivity index (χ0v) is 21.9. The first-order valence-corrected chi connectivity index (χ1v) is 13.7. The number of Topliss-reactive ketones (excluding diaryl/α,β-unsaturated/α-hetero) is 1. The van der Waals surface area contributed by atoms with Crippen LogP contribution in [0.15, 0.2) is 12.2 Å². The lowest BCUT2D eigenvalue weighted by atomic mass is 9.43. The second-order valence-electron chi connectivity index (χ2n) is 14.0. The zero-order chi connectivity index (χ0) is 24.1. The molecule has 0 saturated heterocycles. The Morgan fingerprint density at radius 1 is 0.848 bits per heavy atom. The predicted molar refractivity (Wildman–Crippen MR) is 132 cm³/mol. The van der Waals surface area contributed by atoms with Gasteiger partial charge < -0.3 is 5.11 Å². The van der Waals surface area contributed by atoms with E-state index >= 15 is 0 Å². The molecule has 0 aromatic heterocycles. The molecule has 0 spiro atoms. The topological polar surface area (TPSA) is 54.4 Å². The minimum absolute atomic E-state index is 0.148. The fourth-order valence-electron chi connectivity index (χ4n) is 11.1. The molecule has 9 atom stereocenters. The molecule has 0 aromatic rings. The molecule has 33 heavy (non-hydrogen) atoms. The Kier molecular flexibility index (Phi) is 5.15. The molecule has 184 valence electrons. The highest BCUT2D eigenvalue weighted by molar-refractivity contribution is 5.79. The van der Waals surface area contributed by atoms with Crippen molar-refractivity contribution in [1.82, 2.24) is 0 Å². The Morgan fingerprint density at radius 3 is 2.06 bits per heavy atom. The van der Waals surface area contributed by atoms with Gasteiger partial charge in [0.05, 0.1) is 5.41 Å². The largest absolute Gasteiger partial charge is 0.481 e. The van der Waals surface area contributed by atoms with Gasteiger partial charge in [-0.3, -0.25) is 9.59 Å². The summed E-state index contributed by atoms with van der Waals surface area (Å²) >= 11 is 0. The number of hydrogen-bond acceptors (Lipinski definition) is 2. The molecule has 5 aliphatic rings. The lowest BCUT2D eigenvalue weighted by Gasteiger charge is -2.60. The molecule has 5 rings (SSSR count). The number of ketones is 1. The van der Waals surface area contributed by atoms with E-state index in [1.165, 1.54) is 24.8 Å². The molecule has 5 fully saturated rings. The average Bonchev–Trinajstić information content (AvgIpc) is 2.86. The zero-order valence-electron chi connectivity index (χ0n) is 21.9. The van der Waals surface area contributed by atoms with Crippen LogP contribution in [-0.2, 0) is 9.59 Å². The van der Waals surface area contributed by atoms with Crippen molar-refractivity contribution < 1.29 is 14.7 Å². The SMILES string of the molecule is C=C(C)C1(C)C2C3CCC4C5CCC(=O)CC5CCC4C3CCC2(C(=O)O)C(C)(C)C1(C)C. The van der Waals surface area contributed by atoms with Crippen LogP contribution in [0.25, 0.3) is 0 Å². The van der Waals surface area contributed by atoms with Crippen LogP contribution in [-0.4, -0.2) is 16.9 Å². The van der Waals surface area contributed by atoms with Crippen LogP contribution in [0.3, 0.4) is 0 Å². The summed E-state index contributed by atoms with van der Waals surface area (Å²) in [5.74, 6) is 4.03. The van der Waals surface area contributed by atoms with Crippen molar-refractivity contribution >= 4 is 11.8 Å². The summed E-state index contributed by atoms with van der Waals surface area (Å²) in [7, 11) is 0. The van der Waals surface area contributed by atoms with Crippen LogP contribution < -0.4 is 0 Å². The maximum atomic E-state index is 13.3. The van der Waals surface area contributed by atoms with Crippen LogP contribution in [0.2, 0.25) is 0 Å². The number of carbonyl (C=O) groups excluding carboxylic acids is 1. The highest BCUT2D eigenvalue weighted by Crippen LogP contribution is 2.81. The van der Waals surface area contributed by atoms with Crippen LogP contribution in [0.5, 0.6) is 0 Å². The van der Waals surface area contributed by atoms with Crippen molar-refractivity contribution in [2.75, 3.05) is 0 Å². The molecule has 0 amide bonds. The lowest BCUT2D eigenvalue weighted by Crippen LogP contribution is -2.57. The normalized spacial score (nSPS) is 49.9. The van der Waals surface area contributed by atoms with E-state index in [-0.39, 0.29) is 22.2 Å². The van der Waals surface area contributed by atoms with Gasteiger partial charge >= 0.3 is 5.97 Å². The fourth-order valence-corrected chi connectivity index (χ4v) is 11.1. The van der Waals surface area contributed by atoms with E-state index < -0.39 is 11.4 Å². The molecule has 0 aromatic carbocycles. The minimum Gasteiger partial charge on any atom is -0.481 e. The van der Waals surface area contributed by atoms with Gasteiger partial charge in [-0.2, -0.15) is 0 Å². The Balaban J connectivity index is 1.57. The summed E-state index contributed by atoms with van der Waals surface area (Å²) in [5.41, 5.74) is -0.173. The third-order valence-electron chi connectivity index (χ3n) is 13.5. The van der Waals surface area contributed by atoms with Crippen molar-refractivity contribution in [3.63, 3.8) is 0 Å². The molecule has 3 heteroatoms. The summed E-state index contributed by atoms with van der Waals surface area (Å²) in [6, 6.07) is 0. The first-order valence-electron chi connectivity index (χ1n) is 13.7. The average molecular weight is 455 g/mol. The van der Waals surface area contributed by atoms with Gasteiger partial charge in [0.25, 0.3) is 0 Å². The Labute approximate surface area is 201 Å². The number of carbonyl (C=O) groups is 2. The van der Waals surface area contributed by atoms with E-state index in [0.29, 0.717) is 23.5 Å². The monoisotopic (exact) mass is 454 g/mol. The summed E-state index contributed by atoms with van der Waals surface area (Å²) in [4.78, 5) is 25.4. The Morgan fingerprint density at radius 2 is 1.42 bits per heavy atom. The number of allylic oxidation sites excluding steroid dienone is 1. The molecule has 3 nitrogen and oxygen atoms in total. The molecule has 5 saturated carbocycles. The first kappa shape index (κ1) is 23.6. The maximum Gasteiger partial charge on any atom is 0.310 e. The molecule has 9 unspecified atom stereocenters. The molecule has 0 aliphatic heterocycles. The Bertz CT molecular complexity index is 883. The van der Waals surface area contributed by atoms with Gasteiger partial charge in [-0.1, -0.05) is 46.8 Å². The Hall–Kier alpha value is -1.12. The summed E-state index contributed by atoms with van der Waals surface area (Å²) in [6.07, 6.45) is 9.46. The lowest BCUT2D eigenvalue weighted by molar-refractivity contribution is -0.178. The van der Waals surface area contributed by atoms with Crippen LogP contribution in [0, 0.1) is 63.1 Å². The van der Waals surface area contributed by atoms with Gasteiger partial charge in [0.1, 0.15) is 5.78 Å². The van der Waals surface area contributed by atoms with Crippen molar-refractivity contribution in [3.8, 4) is 0 Å². The van der Waals surface area contributed by atoms with Gasteiger partial charge in [-0.15, -0.1) is 0 Å². The number of aliphatic carboxylic acids is 1. The van der Waals surface area contributed by atoms with E-state index in [1.807, 2.05) is 0 Å². The van der Waals surface area contributed by atoms with Crippen LogP contribution in [0.4, 0.5) is 0 Å².